The number of halogens is 1. The molecule has 0 atom stereocenters. The molecule has 4 nitrogen and oxygen atoms in total. The third kappa shape index (κ3) is 4.21. The molecule has 0 aromatic heterocycles. The first-order chi connectivity index (χ1) is 8.77. The normalized spacial score (nSPS) is 11.3. The fraction of sp³-hybridized carbons (Fsp3) is 0.500. The lowest BCUT2D eigenvalue weighted by Gasteiger charge is -2.33. The van der Waals surface area contributed by atoms with Crippen molar-refractivity contribution in [3.05, 3.63) is 28.2 Å². The van der Waals surface area contributed by atoms with Gasteiger partial charge in [-0.2, -0.15) is 0 Å². The lowest BCUT2D eigenvalue weighted by Crippen LogP contribution is -2.49. The molecular weight excluding hydrogens is 310 g/mol. The molecule has 0 heterocycles. The van der Waals surface area contributed by atoms with Crippen molar-refractivity contribution in [1.29, 1.82) is 0 Å². The van der Waals surface area contributed by atoms with Gasteiger partial charge in [-0.15, -0.1) is 0 Å². The second kappa shape index (κ2) is 6.39. The Labute approximate surface area is 122 Å². The maximum absolute atomic E-state index is 12.0. The number of aliphatic hydroxyl groups is 1. The van der Waals surface area contributed by atoms with Crippen LogP contribution < -0.4 is 4.74 Å². The van der Waals surface area contributed by atoms with Crippen LogP contribution in [0, 0.1) is 6.92 Å². The average Bonchev–Trinajstić information content (AvgIpc) is 2.36. The first-order valence-electron chi connectivity index (χ1n) is 6.04. The minimum atomic E-state index is -0.592. The molecule has 0 saturated heterocycles. The molecule has 1 aromatic rings. The molecule has 19 heavy (non-hydrogen) atoms. The standard InChI is InChI=1S/C14H20BrNO3/c1-10-5-6-12(11(15)7-10)19-8-13(18)16(4)14(2,3)9-17/h5-7,17H,8-9H2,1-4H3. The zero-order valence-electron chi connectivity index (χ0n) is 11.7. The SMILES string of the molecule is Cc1ccc(OCC(=O)N(C)C(C)(C)CO)c(Br)c1. The van der Waals surface area contributed by atoms with Crippen molar-refractivity contribution in [3.8, 4) is 5.75 Å². The number of nitrogens with zero attached hydrogens (tertiary/aromatic N) is 1. The quantitative estimate of drug-likeness (QED) is 0.902. The second-order valence-electron chi connectivity index (χ2n) is 5.15. The van der Waals surface area contributed by atoms with Gasteiger partial charge in [-0.1, -0.05) is 6.07 Å². The third-order valence-electron chi connectivity index (χ3n) is 3.11. The number of rotatable bonds is 5. The van der Waals surface area contributed by atoms with Crippen molar-refractivity contribution in [1.82, 2.24) is 4.90 Å². The third-order valence-corrected chi connectivity index (χ3v) is 3.73. The summed E-state index contributed by atoms with van der Waals surface area (Å²) in [6.45, 7) is 5.43. The molecule has 0 spiro atoms. The van der Waals surface area contributed by atoms with Gasteiger partial charge in [-0.05, 0) is 54.4 Å². The minimum Gasteiger partial charge on any atom is -0.483 e. The van der Waals surface area contributed by atoms with E-state index in [-0.39, 0.29) is 19.1 Å². The summed E-state index contributed by atoms with van der Waals surface area (Å²) in [7, 11) is 1.66. The summed E-state index contributed by atoms with van der Waals surface area (Å²) < 4.78 is 6.32. The highest BCUT2D eigenvalue weighted by atomic mass is 79.9. The number of aryl methyl sites for hydroxylation is 1. The monoisotopic (exact) mass is 329 g/mol. The van der Waals surface area contributed by atoms with Crippen molar-refractivity contribution in [2.45, 2.75) is 26.3 Å². The number of hydrogen-bond donors (Lipinski definition) is 1. The highest BCUT2D eigenvalue weighted by molar-refractivity contribution is 9.10. The Bertz CT molecular complexity index is 460. The van der Waals surface area contributed by atoms with Gasteiger partial charge in [0.25, 0.3) is 5.91 Å². The molecule has 1 aromatic carbocycles. The largest absolute Gasteiger partial charge is 0.483 e. The van der Waals surface area contributed by atoms with Crippen molar-refractivity contribution in [3.63, 3.8) is 0 Å². The van der Waals surface area contributed by atoms with Crippen LogP contribution in [0.4, 0.5) is 0 Å². The van der Waals surface area contributed by atoms with E-state index in [0.29, 0.717) is 5.75 Å². The molecule has 0 fully saturated rings. The molecule has 0 aliphatic carbocycles. The van der Waals surface area contributed by atoms with Crippen LogP contribution in [-0.2, 0) is 4.79 Å². The van der Waals surface area contributed by atoms with Crippen LogP contribution in [0.2, 0.25) is 0 Å². The lowest BCUT2D eigenvalue weighted by molar-refractivity contribution is -0.138. The Balaban J connectivity index is 2.64. The predicted octanol–water partition coefficient (Wildman–Crippen LogP) is 2.37. The van der Waals surface area contributed by atoms with Gasteiger partial charge < -0.3 is 14.7 Å². The smallest absolute Gasteiger partial charge is 0.260 e. The fourth-order valence-electron chi connectivity index (χ4n) is 1.40. The van der Waals surface area contributed by atoms with Crippen molar-refractivity contribution >= 4 is 21.8 Å². The molecular formula is C14H20BrNO3. The molecule has 1 amide bonds. The summed E-state index contributed by atoms with van der Waals surface area (Å²) in [6.07, 6.45) is 0. The first-order valence-corrected chi connectivity index (χ1v) is 6.83. The number of carbonyl (C=O) groups excluding carboxylic acids is 1. The van der Waals surface area contributed by atoms with Gasteiger partial charge >= 0.3 is 0 Å². The van der Waals surface area contributed by atoms with E-state index in [1.807, 2.05) is 25.1 Å². The van der Waals surface area contributed by atoms with Gasteiger partial charge in [0, 0.05) is 7.05 Å². The number of carbonyl (C=O) groups is 1. The summed E-state index contributed by atoms with van der Waals surface area (Å²) in [5.41, 5.74) is 0.523. The Hall–Kier alpha value is -1.07. The Morgan fingerprint density at radius 1 is 1.47 bits per heavy atom. The molecule has 0 aliphatic rings. The van der Waals surface area contributed by atoms with Gasteiger partial charge in [0.1, 0.15) is 5.75 Å². The van der Waals surface area contributed by atoms with E-state index >= 15 is 0 Å². The Kier molecular flexibility index (Phi) is 5.38. The minimum absolute atomic E-state index is 0.0540. The first kappa shape index (κ1) is 16.0. The molecule has 0 unspecified atom stereocenters. The van der Waals surface area contributed by atoms with Crippen molar-refractivity contribution in [2.24, 2.45) is 0 Å². The summed E-state index contributed by atoms with van der Waals surface area (Å²) in [5, 5.41) is 9.23. The van der Waals surface area contributed by atoms with Gasteiger partial charge in [-0.25, -0.2) is 0 Å². The molecule has 1 N–H and O–H groups in total. The Morgan fingerprint density at radius 2 is 2.11 bits per heavy atom. The van der Waals surface area contributed by atoms with Crippen LogP contribution in [0.1, 0.15) is 19.4 Å². The van der Waals surface area contributed by atoms with Crippen LogP contribution >= 0.6 is 15.9 Å². The van der Waals surface area contributed by atoms with Gasteiger partial charge in [0.2, 0.25) is 0 Å². The van der Waals surface area contributed by atoms with Gasteiger partial charge in [-0.3, -0.25) is 4.79 Å². The second-order valence-corrected chi connectivity index (χ2v) is 6.00. The van der Waals surface area contributed by atoms with Crippen molar-refractivity contribution < 1.29 is 14.6 Å². The molecule has 1 rings (SSSR count). The molecule has 5 heteroatoms. The predicted molar refractivity (Wildman–Crippen MR) is 78.3 cm³/mol. The van der Waals surface area contributed by atoms with E-state index in [4.69, 9.17) is 4.74 Å². The van der Waals surface area contributed by atoms with Crippen LogP contribution in [-0.4, -0.2) is 41.7 Å². The van der Waals surface area contributed by atoms with Crippen molar-refractivity contribution in [2.75, 3.05) is 20.3 Å². The zero-order chi connectivity index (χ0) is 14.6. The Morgan fingerprint density at radius 3 is 2.63 bits per heavy atom. The molecule has 0 radical (unpaired) electrons. The van der Waals surface area contributed by atoms with Gasteiger partial charge in [0.05, 0.1) is 16.6 Å². The van der Waals surface area contributed by atoms with Crippen LogP contribution in [0.3, 0.4) is 0 Å². The van der Waals surface area contributed by atoms with E-state index in [9.17, 15) is 9.90 Å². The number of ether oxygens (including phenoxy) is 1. The highest BCUT2D eigenvalue weighted by Crippen LogP contribution is 2.25. The highest BCUT2D eigenvalue weighted by Gasteiger charge is 2.26. The summed E-state index contributed by atoms with van der Waals surface area (Å²) in [4.78, 5) is 13.5. The zero-order valence-corrected chi connectivity index (χ0v) is 13.3. The average molecular weight is 330 g/mol. The topological polar surface area (TPSA) is 49.8 Å². The van der Waals surface area contributed by atoms with Crippen LogP contribution in [0.25, 0.3) is 0 Å². The van der Waals surface area contributed by atoms with E-state index in [1.54, 1.807) is 20.9 Å². The molecule has 0 aliphatic heterocycles. The number of hydrogen-bond acceptors (Lipinski definition) is 3. The van der Waals surface area contributed by atoms with E-state index in [1.165, 1.54) is 4.90 Å². The maximum Gasteiger partial charge on any atom is 0.260 e. The summed E-state index contributed by atoms with van der Waals surface area (Å²) in [6, 6.07) is 5.68. The van der Waals surface area contributed by atoms with E-state index < -0.39 is 5.54 Å². The molecule has 0 bridgehead atoms. The van der Waals surface area contributed by atoms with E-state index in [0.717, 1.165) is 10.0 Å². The molecule has 106 valence electrons. The van der Waals surface area contributed by atoms with E-state index in [2.05, 4.69) is 15.9 Å². The van der Waals surface area contributed by atoms with Gasteiger partial charge in [0.15, 0.2) is 6.61 Å². The summed E-state index contributed by atoms with van der Waals surface area (Å²) in [5.74, 6) is 0.459. The molecule has 0 saturated carbocycles. The lowest BCUT2D eigenvalue weighted by atomic mass is 10.1. The summed E-state index contributed by atoms with van der Waals surface area (Å²) >= 11 is 3.40. The number of benzene rings is 1. The number of amides is 1. The maximum atomic E-state index is 12.0. The van der Waals surface area contributed by atoms with Crippen LogP contribution in [0.15, 0.2) is 22.7 Å². The number of likely N-dealkylation sites (N-methyl/N-ethyl adjacent to an activating group) is 1. The number of aliphatic hydroxyl groups excluding tert-OH is 1. The fourth-order valence-corrected chi connectivity index (χ4v) is 2.01. The van der Waals surface area contributed by atoms with Crippen LogP contribution in [0.5, 0.6) is 5.75 Å².